The van der Waals surface area contributed by atoms with Gasteiger partial charge in [0.25, 0.3) is 0 Å². The van der Waals surface area contributed by atoms with Gasteiger partial charge in [0.05, 0.1) is 6.61 Å². The van der Waals surface area contributed by atoms with E-state index in [9.17, 15) is 9.59 Å². The number of hydrogen-bond donors (Lipinski definition) is 0. The van der Waals surface area contributed by atoms with E-state index < -0.39 is 6.10 Å². The largest absolute Gasteiger partial charge is 0.466 e. The average Bonchev–Trinajstić information content (AvgIpc) is 2.75. The van der Waals surface area contributed by atoms with Gasteiger partial charge in [-0.3, -0.25) is 9.59 Å². The Kier molecular flexibility index (Phi) is 20.9. The molecule has 0 amide bonds. The van der Waals surface area contributed by atoms with Crippen molar-refractivity contribution in [2.75, 3.05) is 6.61 Å². The highest BCUT2D eigenvalue weighted by atomic mass is 16.5. The fourth-order valence-electron chi connectivity index (χ4n) is 3.56. The second kappa shape index (κ2) is 22.1. The second-order valence-electron chi connectivity index (χ2n) is 9.62. The molecule has 0 aliphatic heterocycles. The lowest BCUT2D eigenvalue weighted by Gasteiger charge is -2.14. The molecule has 1 atom stereocenters. The van der Waals surface area contributed by atoms with Crippen LogP contribution in [0.4, 0.5) is 0 Å². The van der Waals surface area contributed by atoms with E-state index in [1.807, 2.05) is 6.92 Å². The lowest BCUT2D eigenvalue weighted by molar-refractivity contribution is -0.147. The molecular weight excluding hydrogens is 412 g/mol. The molecule has 0 aromatic carbocycles. The summed E-state index contributed by atoms with van der Waals surface area (Å²) in [5, 5.41) is 0. The van der Waals surface area contributed by atoms with Crippen LogP contribution in [-0.4, -0.2) is 24.6 Å². The molecule has 4 heteroatoms. The normalized spacial score (nSPS) is 11.5. The van der Waals surface area contributed by atoms with E-state index >= 15 is 0 Å². The predicted molar refractivity (Wildman–Crippen MR) is 138 cm³/mol. The van der Waals surface area contributed by atoms with Crippen LogP contribution in [0.25, 0.3) is 0 Å². The molecule has 33 heavy (non-hydrogen) atoms. The Morgan fingerprint density at radius 2 is 1.30 bits per heavy atom. The Bertz CT molecular complexity index is 582. The van der Waals surface area contributed by atoms with Crippen molar-refractivity contribution < 1.29 is 19.1 Å². The topological polar surface area (TPSA) is 52.6 Å². The zero-order chi connectivity index (χ0) is 24.7. The number of allylic oxidation sites excluding steroid dienone is 1. The van der Waals surface area contributed by atoms with Crippen LogP contribution in [0.2, 0.25) is 0 Å². The van der Waals surface area contributed by atoms with E-state index in [0.29, 0.717) is 25.4 Å². The first-order chi connectivity index (χ1) is 15.8. The number of esters is 2. The van der Waals surface area contributed by atoms with Gasteiger partial charge in [0, 0.05) is 12.8 Å². The van der Waals surface area contributed by atoms with Crippen molar-refractivity contribution in [2.24, 2.45) is 5.92 Å². The van der Waals surface area contributed by atoms with E-state index in [1.165, 1.54) is 64.2 Å². The maximum Gasteiger partial charge on any atom is 0.307 e. The first-order valence-electron chi connectivity index (χ1n) is 13.4. The molecule has 0 aliphatic carbocycles. The Morgan fingerprint density at radius 3 is 1.82 bits per heavy atom. The van der Waals surface area contributed by atoms with Crippen molar-refractivity contribution in [3.05, 3.63) is 12.2 Å². The van der Waals surface area contributed by atoms with Gasteiger partial charge in [-0.25, -0.2) is 0 Å². The van der Waals surface area contributed by atoms with Crippen LogP contribution in [0.1, 0.15) is 130 Å². The molecule has 0 aliphatic rings. The summed E-state index contributed by atoms with van der Waals surface area (Å²) in [6.45, 7) is 12.4. The van der Waals surface area contributed by atoms with Gasteiger partial charge >= 0.3 is 11.9 Å². The van der Waals surface area contributed by atoms with E-state index in [1.54, 1.807) is 0 Å². The quantitative estimate of drug-likeness (QED) is 0.105. The van der Waals surface area contributed by atoms with E-state index in [-0.39, 0.29) is 24.8 Å². The first-order valence-corrected chi connectivity index (χ1v) is 13.4. The molecule has 0 bridgehead atoms. The zero-order valence-corrected chi connectivity index (χ0v) is 22.0. The van der Waals surface area contributed by atoms with Crippen LogP contribution in [-0.2, 0) is 19.1 Å². The fourth-order valence-corrected chi connectivity index (χ4v) is 3.56. The SMILES string of the molecule is C=C(C)C#CC(CC(C)C)OC(=O)CCCC(=O)OCCCCCCCCCCCCCC. The third-order valence-electron chi connectivity index (χ3n) is 5.43. The van der Waals surface area contributed by atoms with E-state index in [4.69, 9.17) is 9.47 Å². The molecule has 0 spiro atoms. The molecule has 0 heterocycles. The molecule has 0 aromatic rings. The van der Waals surface area contributed by atoms with Crippen molar-refractivity contribution in [1.82, 2.24) is 0 Å². The third-order valence-corrected chi connectivity index (χ3v) is 5.43. The van der Waals surface area contributed by atoms with Crippen molar-refractivity contribution in [3.8, 4) is 11.8 Å². The van der Waals surface area contributed by atoms with Gasteiger partial charge in [0.2, 0.25) is 0 Å². The van der Waals surface area contributed by atoms with E-state index in [0.717, 1.165) is 18.4 Å². The van der Waals surface area contributed by atoms with Crippen LogP contribution < -0.4 is 0 Å². The predicted octanol–water partition coefficient (Wildman–Crippen LogP) is 7.94. The van der Waals surface area contributed by atoms with Gasteiger partial charge in [-0.05, 0) is 37.7 Å². The molecule has 4 nitrogen and oxygen atoms in total. The van der Waals surface area contributed by atoms with Crippen LogP contribution >= 0.6 is 0 Å². The summed E-state index contributed by atoms with van der Waals surface area (Å²) in [5.41, 5.74) is 0.746. The van der Waals surface area contributed by atoms with Crippen molar-refractivity contribution in [1.29, 1.82) is 0 Å². The summed E-state index contributed by atoms with van der Waals surface area (Å²) in [5.74, 6) is 5.69. The summed E-state index contributed by atoms with van der Waals surface area (Å²) in [6.07, 6.45) is 16.6. The summed E-state index contributed by atoms with van der Waals surface area (Å²) < 4.78 is 10.8. The van der Waals surface area contributed by atoms with Crippen LogP contribution in [0.3, 0.4) is 0 Å². The highest BCUT2D eigenvalue weighted by Crippen LogP contribution is 2.13. The molecule has 0 rings (SSSR count). The van der Waals surface area contributed by atoms with Crippen molar-refractivity contribution in [2.45, 2.75) is 137 Å². The minimum atomic E-state index is -0.424. The van der Waals surface area contributed by atoms with Crippen LogP contribution in [0, 0.1) is 17.8 Å². The first kappa shape index (κ1) is 31.2. The molecule has 0 saturated carbocycles. The van der Waals surface area contributed by atoms with Gasteiger partial charge in [-0.15, -0.1) is 0 Å². The highest BCUT2D eigenvalue weighted by molar-refractivity contribution is 5.72. The Balaban J connectivity index is 3.69. The van der Waals surface area contributed by atoms with Gasteiger partial charge in [0.1, 0.15) is 0 Å². The monoisotopic (exact) mass is 462 g/mol. The summed E-state index contributed by atoms with van der Waals surface area (Å²) in [6, 6.07) is 0. The number of carbonyl (C=O) groups excluding carboxylic acids is 2. The molecule has 0 saturated heterocycles. The fraction of sp³-hybridized carbons (Fsp3) is 0.793. The van der Waals surface area contributed by atoms with Crippen LogP contribution in [0.15, 0.2) is 12.2 Å². The molecular formula is C29H50O4. The smallest absolute Gasteiger partial charge is 0.307 e. The maximum atomic E-state index is 12.1. The molecule has 0 aromatic heterocycles. The summed E-state index contributed by atoms with van der Waals surface area (Å²) in [7, 11) is 0. The average molecular weight is 463 g/mol. The highest BCUT2D eigenvalue weighted by Gasteiger charge is 2.14. The molecule has 0 radical (unpaired) electrons. The Morgan fingerprint density at radius 1 is 0.788 bits per heavy atom. The molecule has 1 unspecified atom stereocenters. The van der Waals surface area contributed by atoms with Crippen LogP contribution in [0.5, 0.6) is 0 Å². The Hall–Kier alpha value is -1.76. The number of hydrogen-bond acceptors (Lipinski definition) is 4. The lowest BCUT2D eigenvalue weighted by Crippen LogP contribution is -2.19. The number of rotatable bonds is 20. The second-order valence-corrected chi connectivity index (χ2v) is 9.62. The molecule has 0 N–H and O–H groups in total. The van der Waals surface area contributed by atoms with E-state index in [2.05, 4.69) is 39.2 Å². The lowest BCUT2D eigenvalue weighted by atomic mass is 10.1. The van der Waals surface area contributed by atoms with Gasteiger partial charge in [0.15, 0.2) is 6.10 Å². The molecule has 190 valence electrons. The number of ether oxygens (including phenoxy) is 2. The summed E-state index contributed by atoms with van der Waals surface area (Å²) >= 11 is 0. The minimum Gasteiger partial charge on any atom is -0.466 e. The number of carbonyl (C=O) groups is 2. The summed E-state index contributed by atoms with van der Waals surface area (Å²) in [4.78, 5) is 23.9. The third kappa shape index (κ3) is 23.2. The minimum absolute atomic E-state index is 0.205. The van der Waals surface area contributed by atoms with Gasteiger partial charge in [-0.2, -0.15) is 0 Å². The zero-order valence-electron chi connectivity index (χ0n) is 22.0. The Labute approximate surface area is 204 Å². The van der Waals surface area contributed by atoms with Crippen molar-refractivity contribution in [3.63, 3.8) is 0 Å². The van der Waals surface area contributed by atoms with Crippen molar-refractivity contribution >= 4 is 11.9 Å². The number of unbranched alkanes of at least 4 members (excludes halogenated alkanes) is 11. The van der Waals surface area contributed by atoms with Gasteiger partial charge < -0.3 is 9.47 Å². The van der Waals surface area contributed by atoms with Gasteiger partial charge in [-0.1, -0.05) is 110 Å². The maximum absolute atomic E-state index is 12.1. The molecule has 0 fully saturated rings. The standard InChI is InChI=1S/C29H50O4/c1-6-7-8-9-10-11-12-13-14-15-16-17-23-32-28(30)19-18-20-29(31)33-27(24-26(4)5)22-21-25(2)3/h26-27H,2,6-20,23-24H2,1,3-5H3.